The predicted molar refractivity (Wildman–Crippen MR) is 65.9 cm³/mol. The minimum Gasteiger partial charge on any atom is -0.387 e. The number of piperidine rings is 1. The van der Waals surface area contributed by atoms with Gasteiger partial charge in [-0.05, 0) is 31.2 Å². The van der Waals surface area contributed by atoms with Gasteiger partial charge < -0.3 is 10.2 Å². The van der Waals surface area contributed by atoms with Crippen molar-refractivity contribution in [2.24, 2.45) is 5.92 Å². The highest BCUT2D eigenvalue weighted by atomic mass is 16.2. The lowest BCUT2D eigenvalue weighted by atomic mass is 10.1. The van der Waals surface area contributed by atoms with Gasteiger partial charge in [-0.2, -0.15) is 0 Å². The van der Waals surface area contributed by atoms with Gasteiger partial charge in [0.25, 0.3) is 5.91 Å². The normalized spacial score (nSPS) is 26.3. The van der Waals surface area contributed by atoms with Crippen LogP contribution in [0, 0.1) is 5.92 Å². The number of nitrogens with one attached hydrogen (secondary N) is 1. The van der Waals surface area contributed by atoms with E-state index < -0.39 is 0 Å². The minimum absolute atomic E-state index is 0.134. The Bertz CT molecular complexity index is 446. The van der Waals surface area contributed by atoms with Crippen LogP contribution in [0.25, 0.3) is 0 Å². The van der Waals surface area contributed by atoms with Crippen LogP contribution in [0.5, 0.6) is 0 Å². The summed E-state index contributed by atoms with van der Waals surface area (Å²) in [6, 6.07) is 2.32. The summed E-state index contributed by atoms with van der Waals surface area (Å²) in [7, 11) is 1.84. The zero-order valence-corrected chi connectivity index (χ0v) is 10.0. The van der Waals surface area contributed by atoms with Crippen molar-refractivity contribution in [1.82, 2.24) is 9.88 Å². The van der Waals surface area contributed by atoms with Crippen molar-refractivity contribution in [3.05, 3.63) is 24.0 Å². The molecule has 4 heteroatoms. The molecule has 1 saturated heterocycles. The Labute approximate surface area is 101 Å². The Kier molecular flexibility index (Phi) is 2.50. The van der Waals surface area contributed by atoms with Crippen LogP contribution in [0.1, 0.15) is 29.6 Å². The van der Waals surface area contributed by atoms with E-state index in [1.807, 2.05) is 18.0 Å². The number of nitrogens with zero attached hydrogens (tertiary/aromatic N) is 2. The molecular formula is C13H17N3O. The molecule has 2 aliphatic rings. The van der Waals surface area contributed by atoms with Crippen molar-refractivity contribution in [1.29, 1.82) is 0 Å². The summed E-state index contributed by atoms with van der Waals surface area (Å²) in [5.74, 6) is 0.869. The van der Waals surface area contributed by atoms with E-state index in [1.165, 1.54) is 19.3 Å². The first-order chi connectivity index (χ1) is 8.29. The first-order valence-corrected chi connectivity index (χ1v) is 6.22. The van der Waals surface area contributed by atoms with Crippen molar-refractivity contribution in [2.45, 2.75) is 25.3 Å². The first kappa shape index (κ1) is 10.6. The lowest BCUT2D eigenvalue weighted by Gasteiger charge is -2.27. The van der Waals surface area contributed by atoms with Crippen molar-refractivity contribution >= 4 is 11.6 Å². The lowest BCUT2D eigenvalue weighted by Crippen LogP contribution is -2.37. The maximum atomic E-state index is 12.5. The Balaban J connectivity index is 1.86. The predicted octanol–water partition coefficient (Wildman–Crippen LogP) is 1.75. The minimum atomic E-state index is 0.134. The Morgan fingerprint density at radius 3 is 3.06 bits per heavy atom. The van der Waals surface area contributed by atoms with E-state index >= 15 is 0 Å². The monoisotopic (exact) mass is 231 g/mol. The fourth-order valence-electron chi connectivity index (χ4n) is 3.11. The molecule has 1 amide bonds. The third-order valence-corrected chi connectivity index (χ3v) is 3.99. The van der Waals surface area contributed by atoms with Gasteiger partial charge >= 0.3 is 0 Å². The maximum Gasteiger partial charge on any atom is 0.257 e. The Morgan fingerprint density at radius 2 is 2.41 bits per heavy atom. The van der Waals surface area contributed by atoms with Crippen molar-refractivity contribution in [2.75, 3.05) is 18.9 Å². The van der Waals surface area contributed by atoms with E-state index in [-0.39, 0.29) is 5.91 Å². The van der Waals surface area contributed by atoms with Gasteiger partial charge in [0, 0.05) is 37.7 Å². The summed E-state index contributed by atoms with van der Waals surface area (Å²) in [5, 5.41) is 3.06. The molecule has 1 aromatic rings. The fourth-order valence-corrected chi connectivity index (χ4v) is 3.11. The number of hydrogen-bond acceptors (Lipinski definition) is 3. The van der Waals surface area contributed by atoms with Gasteiger partial charge in [-0.1, -0.05) is 0 Å². The van der Waals surface area contributed by atoms with E-state index in [4.69, 9.17) is 0 Å². The number of amides is 1. The number of pyridine rings is 1. The highest BCUT2D eigenvalue weighted by Gasteiger charge is 2.40. The zero-order chi connectivity index (χ0) is 11.8. The van der Waals surface area contributed by atoms with E-state index in [1.54, 1.807) is 12.4 Å². The highest BCUT2D eigenvalue weighted by molar-refractivity contribution is 5.99. The molecule has 1 aliphatic heterocycles. The van der Waals surface area contributed by atoms with Crippen LogP contribution in [-0.2, 0) is 0 Å². The van der Waals surface area contributed by atoms with Gasteiger partial charge in [-0.15, -0.1) is 0 Å². The quantitative estimate of drug-likeness (QED) is 0.843. The second-order valence-electron chi connectivity index (χ2n) is 4.96. The summed E-state index contributed by atoms with van der Waals surface area (Å²) in [6.07, 6.45) is 7.03. The largest absolute Gasteiger partial charge is 0.387 e. The molecule has 2 unspecified atom stereocenters. The summed E-state index contributed by atoms with van der Waals surface area (Å²) < 4.78 is 0. The van der Waals surface area contributed by atoms with E-state index in [9.17, 15) is 4.79 Å². The summed E-state index contributed by atoms with van der Waals surface area (Å²) in [4.78, 5) is 18.6. The van der Waals surface area contributed by atoms with Gasteiger partial charge in [0.2, 0.25) is 0 Å². The van der Waals surface area contributed by atoms with Gasteiger partial charge in [0.05, 0.1) is 5.56 Å². The van der Waals surface area contributed by atoms with E-state index in [2.05, 4.69) is 10.3 Å². The second-order valence-corrected chi connectivity index (χ2v) is 4.96. The topological polar surface area (TPSA) is 45.2 Å². The summed E-state index contributed by atoms with van der Waals surface area (Å²) in [6.45, 7) is 0.932. The van der Waals surface area contributed by atoms with Crippen LogP contribution < -0.4 is 5.32 Å². The third-order valence-electron chi connectivity index (χ3n) is 3.99. The van der Waals surface area contributed by atoms with Crippen LogP contribution in [0.15, 0.2) is 18.5 Å². The molecule has 1 saturated carbocycles. The molecule has 1 aromatic heterocycles. The fraction of sp³-hybridized carbons (Fsp3) is 0.538. The SMILES string of the molecule is CNc1ccncc1C(=O)N1CC2CCC1C2. The number of aromatic nitrogens is 1. The number of carbonyl (C=O) groups is 1. The smallest absolute Gasteiger partial charge is 0.257 e. The Hall–Kier alpha value is -1.58. The van der Waals surface area contributed by atoms with Crippen LogP contribution in [0.2, 0.25) is 0 Å². The Morgan fingerprint density at radius 1 is 1.53 bits per heavy atom. The number of anilines is 1. The van der Waals surface area contributed by atoms with Crippen molar-refractivity contribution in [3.8, 4) is 0 Å². The standard InChI is InChI=1S/C13H17N3O/c1-14-12-4-5-15-7-11(12)13(17)16-8-9-2-3-10(16)6-9/h4-5,7,9-10H,2-3,6,8H2,1H3,(H,14,15). The molecule has 2 atom stereocenters. The molecule has 90 valence electrons. The number of fused-ring (bicyclic) bond motifs is 2. The third kappa shape index (κ3) is 1.68. The number of rotatable bonds is 2. The van der Waals surface area contributed by atoms with Crippen LogP contribution in [0.3, 0.4) is 0 Å². The summed E-state index contributed by atoms with van der Waals surface area (Å²) >= 11 is 0. The summed E-state index contributed by atoms with van der Waals surface area (Å²) in [5.41, 5.74) is 1.57. The average molecular weight is 231 g/mol. The second kappa shape index (κ2) is 4.02. The molecule has 3 rings (SSSR count). The van der Waals surface area contributed by atoms with Gasteiger partial charge in [-0.25, -0.2) is 0 Å². The molecule has 1 aliphatic carbocycles. The van der Waals surface area contributed by atoms with E-state index in [0.29, 0.717) is 11.6 Å². The van der Waals surface area contributed by atoms with Crippen LogP contribution in [-0.4, -0.2) is 35.4 Å². The number of likely N-dealkylation sites (tertiary alicyclic amines) is 1. The highest BCUT2D eigenvalue weighted by Crippen LogP contribution is 2.38. The molecule has 0 radical (unpaired) electrons. The molecule has 2 bridgehead atoms. The first-order valence-electron chi connectivity index (χ1n) is 6.22. The number of hydrogen-bond donors (Lipinski definition) is 1. The van der Waals surface area contributed by atoms with Crippen molar-refractivity contribution < 1.29 is 4.79 Å². The molecule has 1 N–H and O–H groups in total. The molecule has 17 heavy (non-hydrogen) atoms. The molecular weight excluding hydrogens is 214 g/mol. The van der Waals surface area contributed by atoms with Crippen molar-refractivity contribution in [3.63, 3.8) is 0 Å². The van der Waals surface area contributed by atoms with Gasteiger partial charge in [0.1, 0.15) is 0 Å². The van der Waals surface area contributed by atoms with Crippen LogP contribution >= 0.6 is 0 Å². The molecule has 2 heterocycles. The van der Waals surface area contributed by atoms with Gasteiger partial charge in [-0.3, -0.25) is 9.78 Å². The molecule has 0 aromatic carbocycles. The maximum absolute atomic E-state index is 12.5. The number of carbonyl (C=O) groups excluding carboxylic acids is 1. The lowest BCUT2D eigenvalue weighted by molar-refractivity contribution is 0.0704. The van der Waals surface area contributed by atoms with Crippen LogP contribution in [0.4, 0.5) is 5.69 Å². The van der Waals surface area contributed by atoms with E-state index in [0.717, 1.165) is 18.2 Å². The molecule has 2 fully saturated rings. The molecule has 0 spiro atoms. The average Bonchev–Trinajstić information content (AvgIpc) is 3.00. The van der Waals surface area contributed by atoms with Gasteiger partial charge in [0.15, 0.2) is 0 Å². The zero-order valence-electron chi connectivity index (χ0n) is 10.0. The molecule has 4 nitrogen and oxygen atoms in total.